The molecule has 4 aromatic carbocycles. The van der Waals surface area contributed by atoms with Crippen molar-refractivity contribution < 1.29 is 24.2 Å². The maximum absolute atomic E-state index is 8.82. The number of fused-ring (bicyclic) bond motifs is 3. The van der Waals surface area contributed by atoms with Gasteiger partial charge in [0.25, 0.3) is 0 Å². The quantitative estimate of drug-likeness (QED) is 0.118. The molecule has 0 aliphatic rings. The summed E-state index contributed by atoms with van der Waals surface area (Å²) in [5.74, 6) is -2.30. The Balaban J connectivity index is 0.000000276. The van der Waals surface area contributed by atoms with Crippen molar-refractivity contribution in [2.45, 2.75) is 78.9 Å². The van der Waals surface area contributed by atoms with Crippen molar-refractivity contribution in [1.29, 1.82) is 0 Å². The summed E-state index contributed by atoms with van der Waals surface area (Å²) in [6.07, 6.45) is 3.80. The third-order valence-corrected chi connectivity index (χ3v) is 12.3. The van der Waals surface area contributed by atoms with E-state index in [9.17, 15) is 0 Å². The first kappa shape index (κ1) is 34.4. The van der Waals surface area contributed by atoms with Crippen molar-refractivity contribution in [3.05, 3.63) is 138 Å². The summed E-state index contributed by atoms with van der Waals surface area (Å²) in [5, 5.41) is 3.73. The summed E-state index contributed by atoms with van der Waals surface area (Å²) in [6.45, 7) is 18.4. The molecule has 2 nitrogen and oxygen atoms in total. The first-order chi connectivity index (χ1) is 24.8. The van der Waals surface area contributed by atoms with Crippen molar-refractivity contribution in [1.82, 2.24) is 9.97 Å². The first-order valence-corrected chi connectivity index (χ1v) is 21.6. The van der Waals surface area contributed by atoms with Gasteiger partial charge in [-0.1, -0.05) is 121 Å². The molecule has 3 heterocycles. The molecular weight excluding hydrogens is 833 g/mol. The van der Waals surface area contributed by atoms with Gasteiger partial charge in [0.05, 0.1) is 8.07 Å². The summed E-state index contributed by atoms with van der Waals surface area (Å²) < 4.78 is 28.4. The van der Waals surface area contributed by atoms with Crippen LogP contribution in [0.2, 0.25) is 19.6 Å². The predicted octanol–water partition coefficient (Wildman–Crippen LogP) is 13.0. The number of benzene rings is 4. The zero-order chi connectivity index (χ0) is 38.3. The van der Waals surface area contributed by atoms with Gasteiger partial charge < -0.3 is 9.97 Å². The average Bonchev–Trinajstić information content (AvgIpc) is 3.49. The van der Waals surface area contributed by atoms with Crippen molar-refractivity contribution in [2.75, 3.05) is 0 Å². The Morgan fingerprint density at radius 3 is 2.04 bits per heavy atom. The maximum Gasteiger partial charge on any atom is 0.0795 e. The molecule has 7 rings (SSSR count). The minimum Gasteiger partial charge on any atom is -0.305 e. The van der Waals surface area contributed by atoms with Crippen LogP contribution in [0.5, 0.6) is 0 Å². The molecule has 0 atom stereocenters. The van der Waals surface area contributed by atoms with Crippen LogP contribution in [0.25, 0.3) is 53.8 Å². The Morgan fingerprint density at radius 1 is 0.686 bits per heavy atom. The zero-order valence-corrected chi connectivity index (χ0v) is 35.2. The normalized spacial score (nSPS) is 13.1. The molecule has 0 aliphatic heterocycles. The molecule has 1 radical (unpaired) electrons. The van der Waals surface area contributed by atoms with E-state index in [2.05, 4.69) is 78.1 Å². The van der Waals surface area contributed by atoms with Crippen LogP contribution in [0.3, 0.4) is 0 Å². The molecule has 51 heavy (non-hydrogen) atoms. The monoisotopic (exact) mass is 884 g/mol. The van der Waals surface area contributed by atoms with Gasteiger partial charge in [0.15, 0.2) is 0 Å². The van der Waals surface area contributed by atoms with E-state index in [1.165, 1.54) is 10.6 Å². The SMILES string of the molecule is C[Si](C)(C)c1ccc(-c2[c-]cccc2)nc1.[2H]C(C)(C)c1ccnc(-c2[c-]ccc3c2sc2cc(-c4c(C([2H])(C)C)cccc4C([2H])(C)C)ccc23)c1.[Ir]. The molecule has 0 aliphatic carbocycles. The molecule has 0 saturated heterocycles. The Labute approximate surface area is 328 Å². The number of hydrogen-bond acceptors (Lipinski definition) is 3. The standard InChI is InChI=1S/C32H32NS.C14H16NSi.Ir/c1-19(2)22-15-16-33-29(17-22)28-12-8-11-27-26-14-13-23(18-30(26)34-32(27)28)31-24(20(3)4)9-7-10-25(31)21(5)6;1-16(2,3)13-9-10-14(15-11-13)12-7-5-4-6-8-12;/h7-11,13-21H,1-6H3;4-7,9-11H,1-3H3;/q2*-1;/i19D,20D,21D;;. The largest absolute Gasteiger partial charge is 0.305 e. The molecule has 0 bridgehead atoms. The number of nitrogens with zero attached hydrogens (tertiary/aromatic N) is 2. The Hall–Kier alpha value is -3.73. The fraction of sp³-hybridized carbons (Fsp3) is 0.261. The maximum atomic E-state index is 8.82. The summed E-state index contributed by atoms with van der Waals surface area (Å²) in [4.78, 5) is 9.16. The second-order valence-electron chi connectivity index (χ2n) is 14.5. The Morgan fingerprint density at radius 2 is 1.43 bits per heavy atom. The first-order valence-electron chi connectivity index (χ1n) is 18.7. The zero-order valence-electron chi connectivity index (χ0n) is 34.0. The van der Waals surface area contributed by atoms with Crippen LogP contribution in [-0.2, 0) is 20.1 Å². The molecule has 3 aromatic heterocycles. The minimum absolute atomic E-state index is 0. The third-order valence-electron chi connectivity index (χ3n) is 9.07. The van der Waals surface area contributed by atoms with Crippen LogP contribution in [-0.4, -0.2) is 18.0 Å². The fourth-order valence-corrected chi connectivity index (χ4v) is 8.49. The molecule has 5 heteroatoms. The van der Waals surface area contributed by atoms with Crippen molar-refractivity contribution >= 4 is 44.8 Å². The van der Waals surface area contributed by atoms with Gasteiger partial charge in [0.1, 0.15) is 0 Å². The van der Waals surface area contributed by atoms with Gasteiger partial charge >= 0.3 is 0 Å². The van der Waals surface area contributed by atoms with E-state index in [-0.39, 0.29) is 20.1 Å². The molecule has 263 valence electrons. The average molecular weight is 884 g/mol. The number of thiophene rings is 1. The fourth-order valence-electron chi connectivity index (χ4n) is 6.21. The van der Waals surface area contributed by atoms with Crippen LogP contribution in [0.1, 0.15) is 80.0 Å². The molecule has 0 amide bonds. The van der Waals surface area contributed by atoms with E-state index < -0.39 is 25.8 Å². The van der Waals surface area contributed by atoms with Gasteiger partial charge in [0.2, 0.25) is 0 Å². The second-order valence-corrected chi connectivity index (χ2v) is 20.7. The third kappa shape index (κ3) is 8.50. The van der Waals surface area contributed by atoms with Crippen molar-refractivity contribution in [2.24, 2.45) is 0 Å². The molecular formula is C46H48IrN2SSi-2. The van der Waals surface area contributed by atoms with Crippen molar-refractivity contribution in [3.63, 3.8) is 0 Å². The van der Waals surface area contributed by atoms with Gasteiger partial charge in [-0.25, -0.2) is 0 Å². The molecule has 0 N–H and O–H groups in total. The summed E-state index contributed by atoms with van der Waals surface area (Å²) >= 11 is 1.72. The van der Waals surface area contributed by atoms with Crippen molar-refractivity contribution in [3.8, 4) is 33.6 Å². The molecule has 0 fully saturated rings. The summed E-state index contributed by atoms with van der Waals surface area (Å²) in [7, 11) is -1.23. The smallest absolute Gasteiger partial charge is 0.0795 e. The van der Waals surface area contributed by atoms with E-state index >= 15 is 0 Å². The number of hydrogen-bond donors (Lipinski definition) is 0. The van der Waals surface area contributed by atoms with E-state index in [4.69, 9.17) is 4.11 Å². The van der Waals surface area contributed by atoms with Crippen LogP contribution in [0, 0.1) is 12.1 Å². The molecule has 0 spiro atoms. The van der Waals surface area contributed by atoms with Crippen LogP contribution in [0.4, 0.5) is 0 Å². The van der Waals surface area contributed by atoms with Gasteiger partial charge in [0, 0.05) is 41.3 Å². The molecule has 0 saturated carbocycles. The van der Waals surface area contributed by atoms with E-state index in [0.29, 0.717) is 0 Å². The molecule has 0 unspecified atom stereocenters. The minimum atomic E-state index is -1.23. The van der Waals surface area contributed by atoms with Crippen LogP contribution < -0.4 is 5.19 Å². The van der Waals surface area contributed by atoms with E-state index in [1.54, 1.807) is 17.5 Å². The predicted molar refractivity (Wildman–Crippen MR) is 221 cm³/mol. The number of rotatable bonds is 7. The van der Waals surface area contributed by atoms with E-state index in [0.717, 1.165) is 65.1 Å². The van der Waals surface area contributed by atoms with Crippen LogP contribution >= 0.6 is 11.3 Å². The van der Waals surface area contributed by atoms with Crippen LogP contribution in [0.15, 0.2) is 109 Å². The Bertz CT molecular complexity index is 2350. The number of aromatic nitrogens is 2. The van der Waals surface area contributed by atoms with Gasteiger partial charge in [-0.3, -0.25) is 0 Å². The van der Waals surface area contributed by atoms with Gasteiger partial charge in [-0.15, -0.1) is 59.7 Å². The second kappa shape index (κ2) is 16.3. The summed E-state index contributed by atoms with van der Waals surface area (Å²) in [6, 6.07) is 39.3. The van der Waals surface area contributed by atoms with Gasteiger partial charge in [-0.05, 0) is 78.7 Å². The van der Waals surface area contributed by atoms with Gasteiger partial charge in [-0.2, -0.15) is 11.3 Å². The number of pyridine rings is 2. The summed E-state index contributed by atoms with van der Waals surface area (Å²) in [5.41, 5.74) is 8.64. The molecule has 7 aromatic rings. The van der Waals surface area contributed by atoms with E-state index in [1.807, 2.05) is 108 Å². The topological polar surface area (TPSA) is 25.8 Å². The Kier molecular flexibility index (Phi) is 11.0.